The first-order valence-electron chi connectivity index (χ1n) is 7.99. The summed E-state index contributed by atoms with van der Waals surface area (Å²) >= 11 is 0. The highest BCUT2D eigenvalue weighted by molar-refractivity contribution is 5.27. The highest BCUT2D eigenvalue weighted by Gasteiger charge is 2.33. The predicted molar refractivity (Wildman–Crippen MR) is 87.3 cm³/mol. The zero-order valence-electron chi connectivity index (χ0n) is 13.8. The van der Waals surface area contributed by atoms with E-state index in [9.17, 15) is 0 Å². The molecule has 2 nitrogen and oxygen atoms in total. The Balaban J connectivity index is 2.91. The average Bonchev–Trinajstić information content (AvgIpc) is 2.45. The molecule has 0 saturated carbocycles. The molecule has 0 bridgehead atoms. The number of nitrogens with one attached hydrogen (secondary N) is 1. The number of hydrogen-bond acceptors (Lipinski definition) is 2. The standard InChI is InChI=1S/C18H31NO/c1-6-13-19-17(18(5,7-2)20-8-3)14-16-12-10-9-11-15(16)4/h9-12,17,19H,6-8,13-14H2,1-5H3. The van der Waals surface area contributed by atoms with Crippen LogP contribution in [0.4, 0.5) is 0 Å². The summed E-state index contributed by atoms with van der Waals surface area (Å²) in [5, 5.41) is 3.70. The molecule has 0 amide bonds. The van der Waals surface area contributed by atoms with E-state index in [4.69, 9.17) is 4.74 Å². The fraction of sp³-hybridized carbons (Fsp3) is 0.667. The van der Waals surface area contributed by atoms with Gasteiger partial charge in [-0.1, -0.05) is 38.1 Å². The number of rotatable bonds is 9. The Kier molecular flexibility index (Phi) is 7.25. The van der Waals surface area contributed by atoms with Crippen molar-refractivity contribution in [2.75, 3.05) is 13.2 Å². The Morgan fingerprint density at radius 1 is 1.20 bits per heavy atom. The second-order valence-electron chi connectivity index (χ2n) is 5.74. The van der Waals surface area contributed by atoms with E-state index in [1.165, 1.54) is 11.1 Å². The summed E-state index contributed by atoms with van der Waals surface area (Å²) in [7, 11) is 0. The minimum absolute atomic E-state index is 0.105. The highest BCUT2D eigenvalue weighted by atomic mass is 16.5. The van der Waals surface area contributed by atoms with Crippen LogP contribution in [0.3, 0.4) is 0 Å². The molecule has 0 aliphatic rings. The zero-order chi connectivity index (χ0) is 15.0. The van der Waals surface area contributed by atoms with Crippen LogP contribution in [0.2, 0.25) is 0 Å². The maximum atomic E-state index is 6.09. The fourth-order valence-corrected chi connectivity index (χ4v) is 2.66. The van der Waals surface area contributed by atoms with Gasteiger partial charge in [0.15, 0.2) is 0 Å². The molecule has 2 atom stereocenters. The fourth-order valence-electron chi connectivity index (χ4n) is 2.66. The second-order valence-corrected chi connectivity index (χ2v) is 5.74. The van der Waals surface area contributed by atoms with Crippen molar-refractivity contribution >= 4 is 0 Å². The molecule has 1 aromatic rings. The Hall–Kier alpha value is -0.860. The van der Waals surface area contributed by atoms with Crippen LogP contribution in [0.1, 0.15) is 51.7 Å². The second kappa shape index (κ2) is 8.43. The zero-order valence-corrected chi connectivity index (χ0v) is 13.8. The molecule has 0 saturated heterocycles. The molecule has 114 valence electrons. The van der Waals surface area contributed by atoms with Crippen molar-refractivity contribution in [1.82, 2.24) is 5.32 Å². The van der Waals surface area contributed by atoms with E-state index in [2.05, 4.69) is 64.2 Å². The molecule has 1 rings (SSSR count). The number of hydrogen-bond donors (Lipinski definition) is 1. The third-order valence-electron chi connectivity index (χ3n) is 4.24. The summed E-state index contributed by atoms with van der Waals surface area (Å²) < 4.78 is 6.09. The van der Waals surface area contributed by atoms with Crippen molar-refractivity contribution < 1.29 is 4.74 Å². The molecule has 20 heavy (non-hydrogen) atoms. The van der Waals surface area contributed by atoms with Crippen LogP contribution in [0.25, 0.3) is 0 Å². The van der Waals surface area contributed by atoms with Gasteiger partial charge in [-0.15, -0.1) is 0 Å². The molecule has 0 aliphatic heterocycles. The van der Waals surface area contributed by atoms with E-state index in [1.807, 2.05) is 0 Å². The van der Waals surface area contributed by atoms with E-state index < -0.39 is 0 Å². The van der Waals surface area contributed by atoms with Crippen LogP contribution in [0.15, 0.2) is 24.3 Å². The van der Waals surface area contributed by atoms with Gasteiger partial charge in [0.05, 0.1) is 5.60 Å². The number of aryl methyl sites for hydroxylation is 1. The molecule has 1 N–H and O–H groups in total. The normalized spacial score (nSPS) is 15.8. The summed E-state index contributed by atoms with van der Waals surface area (Å²) in [6, 6.07) is 9.01. The first-order chi connectivity index (χ1) is 9.57. The summed E-state index contributed by atoms with van der Waals surface area (Å²) in [4.78, 5) is 0. The Bertz CT molecular complexity index is 391. The quantitative estimate of drug-likeness (QED) is 0.733. The molecule has 0 aromatic heterocycles. The first-order valence-corrected chi connectivity index (χ1v) is 7.99. The SMILES string of the molecule is CCCNC(Cc1ccccc1C)C(C)(CC)OCC. The third kappa shape index (κ3) is 4.60. The summed E-state index contributed by atoms with van der Waals surface area (Å²) in [5.74, 6) is 0. The van der Waals surface area contributed by atoms with Crippen LogP contribution in [-0.2, 0) is 11.2 Å². The molecular weight excluding hydrogens is 246 g/mol. The molecule has 0 heterocycles. The van der Waals surface area contributed by atoms with Crippen LogP contribution in [-0.4, -0.2) is 24.8 Å². The maximum absolute atomic E-state index is 6.09. The lowest BCUT2D eigenvalue weighted by atomic mass is 9.87. The van der Waals surface area contributed by atoms with E-state index >= 15 is 0 Å². The van der Waals surface area contributed by atoms with Crippen molar-refractivity contribution in [1.29, 1.82) is 0 Å². The Morgan fingerprint density at radius 3 is 2.45 bits per heavy atom. The lowest BCUT2D eigenvalue weighted by molar-refractivity contribution is -0.0549. The summed E-state index contributed by atoms with van der Waals surface area (Å²) in [6.07, 6.45) is 3.20. The van der Waals surface area contributed by atoms with Gasteiger partial charge in [-0.2, -0.15) is 0 Å². The van der Waals surface area contributed by atoms with Crippen LogP contribution < -0.4 is 5.32 Å². The van der Waals surface area contributed by atoms with Gasteiger partial charge < -0.3 is 10.1 Å². The van der Waals surface area contributed by atoms with Gasteiger partial charge in [0, 0.05) is 12.6 Å². The van der Waals surface area contributed by atoms with Crippen LogP contribution in [0.5, 0.6) is 0 Å². The van der Waals surface area contributed by atoms with Crippen molar-refractivity contribution in [3.05, 3.63) is 35.4 Å². The Labute approximate surface area is 124 Å². The molecule has 0 fully saturated rings. The van der Waals surface area contributed by atoms with Gasteiger partial charge in [0.2, 0.25) is 0 Å². The van der Waals surface area contributed by atoms with E-state index in [1.54, 1.807) is 0 Å². The van der Waals surface area contributed by atoms with Crippen molar-refractivity contribution in [2.24, 2.45) is 0 Å². The van der Waals surface area contributed by atoms with Crippen LogP contribution in [0, 0.1) is 6.92 Å². The van der Waals surface area contributed by atoms with E-state index in [0.717, 1.165) is 32.4 Å². The lowest BCUT2D eigenvalue weighted by Gasteiger charge is -2.38. The third-order valence-corrected chi connectivity index (χ3v) is 4.24. The van der Waals surface area contributed by atoms with Crippen molar-refractivity contribution in [2.45, 2.75) is 65.5 Å². The summed E-state index contributed by atoms with van der Waals surface area (Å²) in [6.45, 7) is 12.7. The van der Waals surface area contributed by atoms with Gasteiger partial charge in [0.25, 0.3) is 0 Å². The molecule has 2 heteroatoms. The predicted octanol–water partition coefficient (Wildman–Crippen LogP) is 4.11. The molecule has 2 unspecified atom stereocenters. The topological polar surface area (TPSA) is 21.3 Å². The van der Waals surface area contributed by atoms with E-state index in [-0.39, 0.29) is 5.60 Å². The summed E-state index contributed by atoms with van der Waals surface area (Å²) in [5.41, 5.74) is 2.68. The Morgan fingerprint density at radius 2 is 1.90 bits per heavy atom. The molecule has 1 aromatic carbocycles. The molecule has 0 spiro atoms. The first kappa shape index (κ1) is 17.2. The minimum Gasteiger partial charge on any atom is -0.374 e. The van der Waals surface area contributed by atoms with Gasteiger partial charge in [-0.05, 0) is 57.7 Å². The van der Waals surface area contributed by atoms with E-state index in [0.29, 0.717) is 6.04 Å². The average molecular weight is 277 g/mol. The lowest BCUT2D eigenvalue weighted by Crippen LogP contribution is -2.52. The van der Waals surface area contributed by atoms with Gasteiger partial charge in [-0.3, -0.25) is 0 Å². The van der Waals surface area contributed by atoms with Gasteiger partial charge in [-0.25, -0.2) is 0 Å². The molecule has 0 radical (unpaired) electrons. The maximum Gasteiger partial charge on any atom is 0.0807 e. The smallest absolute Gasteiger partial charge is 0.0807 e. The highest BCUT2D eigenvalue weighted by Crippen LogP contribution is 2.24. The van der Waals surface area contributed by atoms with Crippen LogP contribution >= 0.6 is 0 Å². The van der Waals surface area contributed by atoms with Gasteiger partial charge >= 0.3 is 0 Å². The number of benzene rings is 1. The molecule has 0 aliphatic carbocycles. The van der Waals surface area contributed by atoms with Gasteiger partial charge in [0.1, 0.15) is 0 Å². The largest absolute Gasteiger partial charge is 0.374 e. The molecular formula is C18H31NO. The number of ether oxygens (including phenoxy) is 1. The minimum atomic E-state index is -0.105. The van der Waals surface area contributed by atoms with Crippen molar-refractivity contribution in [3.8, 4) is 0 Å². The van der Waals surface area contributed by atoms with Crippen molar-refractivity contribution in [3.63, 3.8) is 0 Å². The monoisotopic (exact) mass is 277 g/mol.